The van der Waals surface area contributed by atoms with Crippen LogP contribution in [0.3, 0.4) is 0 Å². The molecule has 8 aromatic carbocycles. The lowest BCUT2D eigenvalue weighted by atomic mass is 9.91. The summed E-state index contributed by atoms with van der Waals surface area (Å²) >= 11 is 0. The van der Waals surface area contributed by atoms with E-state index in [4.69, 9.17) is 19.9 Å². The summed E-state index contributed by atoms with van der Waals surface area (Å²) in [6, 6.07) is 71.7. The summed E-state index contributed by atoms with van der Waals surface area (Å²) in [4.78, 5) is 20.4. The fraction of sp³-hybridized carbons (Fsp3) is 0. The van der Waals surface area contributed by atoms with Crippen LogP contribution in [0.4, 0.5) is 0 Å². The molecule has 0 N–H and O–H groups in total. The number of benzene rings is 8. The van der Waals surface area contributed by atoms with Crippen molar-refractivity contribution >= 4 is 21.7 Å². The van der Waals surface area contributed by atoms with Crippen LogP contribution in [-0.2, 0) is 0 Å². The van der Waals surface area contributed by atoms with Gasteiger partial charge in [-0.15, -0.1) is 0 Å². The van der Waals surface area contributed by atoms with Gasteiger partial charge in [0.2, 0.25) is 0 Å². The Morgan fingerprint density at radius 2 is 0.732 bits per heavy atom. The van der Waals surface area contributed by atoms with Gasteiger partial charge in [0.15, 0.2) is 17.5 Å². The number of hydrogen-bond acceptors (Lipinski definition) is 4. The van der Waals surface area contributed by atoms with Crippen LogP contribution in [0, 0.1) is 0 Å². The van der Waals surface area contributed by atoms with Crippen molar-refractivity contribution in [1.29, 1.82) is 0 Å². The Balaban J connectivity index is 1.12. The molecule has 56 heavy (non-hydrogen) atoms. The fourth-order valence-electron chi connectivity index (χ4n) is 7.59. The highest BCUT2D eigenvalue weighted by molar-refractivity contribution is 6.17. The van der Waals surface area contributed by atoms with Crippen LogP contribution in [0.25, 0.3) is 100 Å². The molecule has 0 saturated heterocycles. The largest absolute Gasteiger partial charge is 0.248 e. The van der Waals surface area contributed by atoms with Crippen molar-refractivity contribution < 1.29 is 0 Å². The van der Waals surface area contributed by atoms with Gasteiger partial charge in [-0.25, -0.2) is 19.9 Å². The molecule has 4 nitrogen and oxygen atoms in total. The fourth-order valence-corrected chi connectivity index (χ4v) is 7.59. The van der Waals surface area contributed by atoms with E-state index in [9.17, 15) is 0 Å². The minimum atomic E-state index is 0.621. The molecule has 0 bridgehead atoms. The molecule has 2 aromatic heterocycles. The van der Waals surface area contributed by atoms with Crippen molar-refractivity contribution in [2.45, 2.75) is 0 Å². The van der Waals surface area contributed by atoms with Crippen LogP contribution in [0.15, 0.2) is 206 Å². The monoisotopic (exact) mass is 714 g/mol. The van der Waals surface area contributed by atoms with Crippen LogP contribution in [0.5, 0.6) is 0 Å². The zero-order chi connectivity index (χ0) is 37.3. The second-order valence-corrected chi connectivity index (χ2v) is 13.8. The van der Waals surface area contributed by atoms with Crippen LogP contribution in [0.1, 0.15) is 0 Å². The zero-order valence-corrected chi connectivity index (χ0v) is 30.4. The minimum Gasteiger partial charge on any atom is -0.248 e. The van der Waals surface area contributed by atoms with Crippen molar-refractivity contribution in [3.8, 4) is 78.8 Å². The van der Waals surface area contributed by atoms with Gasteiger partial charge in [-0.2, -0.15) is 0 Å². The van der Waals surface area contributed by atoms with E-state index in [-0.39, 0.29) is 0 Å². The molecule has 10 aromatic rings. The van der Waals surface area contributed by atoms with Gasteiger partial charge in [-0.3, -0.25) is 0 Å². The summed E-state index contributed by atoms with van der Waals surface area (Å²) in [6.45, 7) is 0. The van der Waals surface area contributed by atoms with E-state index in [0.717, 1.165) is 83.0 Å². The Labute approximate surface area is 325 Å². The molecule has 0 saturated carbocycles. The Morgan fingerprint density at radius 1 is 0.250 bits per heavy atom. The Kier molecular flexibility index (Phi) is 8.47. The standard InChI is InChI=1S/C52H34N4/c1-5-16-35(17-6-1)39-24-13-26-41(32-39)51-54-50(38-22-11-4-12-23-38)55-52(56-51)42-27-14-25-40(33-42)43-28-15-29-45-44(43)30-31-47-49(45)46(36-18-7-2-8-19-36)34-48(53-47)37-20-9-3-10-21-37/h1-34H. The van der Waals surface area contributed by atoms with Crippen LogP contribution in [-0.4, -0.2) is 19.9 Å². The molecule has 0 fully saturated rings. The highest BCUT2D eigenvalue weighted by Crippen LogP contribution is 2.40. The lowest BCUT2D eigenvalue weighted by Gasteiger charge is -2.15. The van der Waals surface area contributed by atoms with Crippen LogP contribution in [0.2, 0.25) is 0 Å². The molecule has 0 spiro atoms. The number of aromatic nitrogens is 4. The number of hydrogen-bond donors (Lipinski definition) is 0. The minimum absolute atomic E-state index is 0.621. The summed E-state index contributed by atoms with van der Waals surface area (Å²) < 4.78 is 0. The van der Waals surface area contributed by atoms with Gasteiger partial charge in [-0.05, 0) is 68.4 Å². The molecular formula is C52H34N4. The van der Waals surface area contributed by atoms with Gasteiger partial charge in [0.25, 0.3) is 0 Å². The van der Waals surface area contributed by atoms with E-state index in [1.165, 1.54) is 0 Å². The number of pyridine rings is 1. The second kappa shape index (κ2) is 14.3. The average Bonchev–Trinajstić information content (AvgIpc) is 3.29. The lowest BCUT2D eigenvalue weighted by molar-refractivity contribution is 1.07. The summed E-state index contributed by atoms with van der Waals surface area (Å²) in [5.41, 5.74) is 12.6. The van der Waals surface area contributed by atoms with E-state index in [0.29, 0.717) is 17.5 Å². The van der Waals surface area contributed by atoms with Gasteiger partial charge in [0.05, 0.1) is 11.2 Å². The lowest BCUT2D eigenvalue weighted by Crippen LogP contribution is -2.00. The van der Waals surface area contributed by atoms with Gasteiger partial charge in [-0.1, -0.05) is 182 Å². The van der Waals surface area contributed by atoms with Crippen molar-refractivity contribution in [3.63, 3.8) is 0 Å². The van der Waals surface area contributed by atoms with Gasteiger partial charge in [0.1, 0.15) is 0 Å². The predicted octanol–water partition coefficient (Wildman–Crippen LogP) is 13.2. The number of nitrogens with zero attached hydrogens (tertiary/aromatic N) is 4. The molecule has 0 amide bonds. The third-order valence-electron chi connectivity index (χ3n) is 10.3. The Morgan fingerprint density at radius 3 is 1.38 bits per heavy atom. The SMILES string of the molecule is c1ccc(-c2cccc(-c3nc(-c4ccccc4)nc(-c4cccc(-c5cccc6c5ccc5nc(-c7ccccc7)cc(-c7ccccc7)c56)c4)n3)c2)cc1. The molecule has 0 radical (unpaired) electrons. The quantitative estimate of drug-likeness (QED) is 0.154. The molecule has 0 atom stereocenters. The maximum atomic E-state index is 5.20. The molecule has 4 heteroatoms. The van der Waals surface area contributed by atoms with Crippen molar-refractivity contribution in [2.24, 2.45) is 0 Å². The molecule has 0 aliphatic carbocycles. The third kappa shape index (κ3) is 6.29. The van der Waals surface area contributed by atoms with Crippen LogP contribution >= 0.6 is 0 Å². The molecule has 0 unspecified atom stereocenters. The first-order valence-corrected chi connectivity index (χ1v) is 18.8. The average molecular weight is 715 g/mol. The third-order valence-corrected chi connectivity index (χ3v) is 10.3. The van der Waals surface area contributed by atoms with Crippen molar-refractivity contribution in [2.75, 3.05) is 0 Å². The highest BCUT2D eigenvalue weighted by Gasteiger charge is 2.17. The van der Waals surface area contributed by atoms with Gasteiger partial charge in [0, 0.05) is 27.6 Å². The van der Waals surface area contributed by atoms with Crippen molar-refractivity contribution in [1.82, 2.24) is 19.9 Å². The van der Waals surface area contributed by atoms with Gasteiger partial charge >= 0.3 is 0 Å². The smallest absolute Gasteiger partial charge is 0.164 e. The Hall–Kier alpha value is -7.56. The first kappa shape index (κ1) is 33.0. The number of fused-ring (bicyclic) bond motifs is 3. The normalized spacial score (nSPS) is 11.2. The van der Waals surface area contributed by atoms with E-state index in [2.05, 4.69) is 164 Å². The van der Waals surface area contributed by atoms with Crippen LogP contribution < -0.4 is 0 Å². The maximum Gasteiger partial charge on any atom is 0.164 e. The molecule has 0 aliphatic heterocycles. The first-order valence-electron chi connectivity index (χ1n) is 18.8. The first-order chi connectivity index (χ1) is 27.7. The van der Waals surface area contributed by atoms with E-state index < -0.39 is 0 Å². The predicted molar refractivity (Wildman–Crippen MR) is 231 cm³/mol. The van der Waals surface area contributed by atoms with Gasteiger partial charge < -0.3 is 0 Å². The molecule has 10 rings (SSSR count). The van der Waals surface area contributed by atoms with Crippen molar-refractivity contribution in [3.05, 3.63) is 206 Å². The van der Waals surface area contributed by atoms with E-state index in [1.54, 1.807) is 0 Å². The molecule has 2 heterocycles. The maximum absolute atomic E-state index is 5.20. The molecular weight excluding hydrogens is 681 g/mol. The summed E-state index contributed by atoms with van der Waals surface area (Å²) in [5.74, 6) is 1.88. The topological polar surface area (TPSA) is 51.6 Å². The highest BCUT2D eigenvalue weighted by atomic mass is 15.0. The second-order valence-electron chi connectivity index (χ2n) is 13.8. The molecule has 0 aliphatic rings. The summed E-state index contributed by atoms with van der Waals surface area (Å²) in [5, 5.41) is 3.45. The molecule has 262 valence electrons. The number of rotatable bonds is 7. The van der Waals surface area contributed by atoms with E-state index >= 15 is 0 Å². The zero-order valence-electron chi connectivity index (χ0n) is 30.4. The Bertz CT molecular complexity index is 3000. The summed E-state index contributed by atoms with van der Waals surface area (Å²) in [6.07, 6.45) is 0. The summed E-state index contributed by atoms with van der Waals surface area (Å²) in [7, 11) is 0. The van der Waals surface area contributed by atoms with E-state index in [1.807, 2.05) is 42.5 Å².